The molecule has 0 bridgehead atoms. The Labute approximate surface area is 158 Å². The van der Waals surface area contributed by atoms with Crippen LogP contribution in [0.25, 0.3) is 0 Å². The number of aliphatic hydroxyl groups is 1. The largest absolute Gasteiger partial charge is 0.503 e. The zero-order chi connectivity index (χ0) is 20.1. The van der Waals surface area contributed by atoms with Gasteiger partial charge in [0.05, 0.1) is 16.5 Å². The molecule has 0 spiro atoms. The second-order valence-electron chi connectivity index (χ2n) is 6.94. The van der Waals surface area contributed by atoms with Crippen molar-refractivity contribution in [3.8, 4) is 0 Å². The average molecular weight is 374 g/mol. The van der Waals surface area contributed by atoms with Crippen LogP contribution in [0.4, 0.5) is 5.69 Å². The summed E-state index contributed by atoms with van der Waals surface area (Å²) in [6.45, 7) is 5.91. The zero-order valence-corrected chi connectivity index (χ0v) is 16.0. The van der Waals surface area contributed by atoms with Crippen molar-refractivity contribution in [2.75, 3.05) is 6.54 Å². The van der Waals surface area contributed by atoms with Gasteiger partial charge in [-0.25, -0.2) is 0 Å². The van der Waals surface area contributed by atoms with Crippen LogP contribution in [0, 0.1) is 16.0 Å². The lowest BCUT2D eigenvalue weighted by Crippen LogP contribution is -2.35. The summed E-state index contributed by atoms with van der Waals surface area (Å²) in [6.07, 6.45) is 3.94. The van der Waals surface area contributed by atoms with Crippen molar-refractivity contribution in [2.45, 2.75) is 52.5 Å². The minimum Gasteiger partial charge on any atom is -0.503 e. The third-order valence-corrected chi connectivity index (χ3v) is 5.10. The number of hydrogen-bond acceptors (Lipinski definition) is 5. The predicted octanol–water partition coefficient (Wildman–Crippen LogP) is 4.10. The number of nitro groups is 1. The van der Waals surface area contributed by atoms with E-state index in [4.69, 9.17) is 0 Å². The highest BCUT2D eigenvalue weighted by molar-refractivity contribution is 6.08. The number of aliphatic hydroxyl groups excluding tert-OH is 1. The van der Waals surface area contributed by atoms with Gasteiger partial charge in [-0.2, -0.15) is 0 Å². The number of Topliss-reactive ketones (excluding diaryl/α,β-unsaturated/α-hetero) is 1. The number of rotatable bonds is 9. The SMILES string of the molecule is CCCCC(CC)CN1C(=O)C(O)=C(C(C)=O)C1c1ccc([N+](=O)[O-])cc1. The van der Waals surface area contributed by atoms with E-state index < -0.39 is 22.6 Å². The van der Waals surface area contributed by atoms with Gasteiger partial charge < -0.3 is 10.0 Å². The summed E-state index contributed by atoms with van der Waals surface area (Å²) >= 11 is 0. The zero-order valence-electron chi connectivity index (χ0n) is 16.0. The van der Waals surface area contributed by atoms with Gasteiger partial charge in [-0.3, -0.25) is 19.7 Å². The molecule has 1 amide bonds. The lowest BCUT2D eigenvalue weighted by atomic mass is 9.94. The van der Waals surface area contributed by atoms with Crippen LogP contribution in [-0.4, -0.2) is 33.2 Å². The van der Waals surface area contributed by atoms with E-state index in [-0.39, 0.29) is 23.0 Å². The Hall–Kier alpha value is -2.70. The molecular formula is C20H26N2O5. The fourth-order valence-corrected chi connectivity index (χ4v) is 3.52. The molecule has 7 nitrogen and oxygen atoms in total. The molecule has 1 aromatic rings. The number of nitro benzene ring substituents is 1. The highest BCUT2D eigenvalue weighted by Crippen LogP contribution is 2.39. The van der Waals surface area contributed by atoms with E-state index in [0.717, 1.165) is 25.7 Å². The molecule has 1 heterocycles. The van der Waals surface area contributed by atoms with Crippen LogP contribution < -0.4 is 0 Å². The van der Waals surface area contributed by atoms with Crippen molar-refractivity contribution < 1.29 is 19.6 Å². The van der Waals surface area contributed by atoms with Crippen molar-refractivity contribution in [2.24, 2.45) is 5.92 Å². The quantitative estimate of drug-likeness (QED) is 0.518. The summed E-state index contributed by atoms with van der Waals surface area (Å²) in [7, 11) is 0. The average Bonchev–Trinajstić information content (AvgIpc) is 2.89. The molecule has 27 heavy (non-hydrogen) atoms. The Morgan fingerprint density at radius 1 is 1.30 bits per heavy atom. The molecule has 1 N–H and O–H groups in total. The molecule has 7 heteroatoms. The monoisotopic (exact) mass is 374 g/mol. The number of benzene rings is 1. The van der Waals surface area contributed by atoms with Crippen LogP contribution in [0.5, 0.6) is 0 Å². The highest BCUT2D eigenvalue weighted by atomic mass is 16.6. The maximum absolute atomic E-state index is 12.7. The van der Waals surface area contributed by atoms with E-state index in [1.54, 1.807) is 0 Å². The second kappa shape index (κ2) is 8.79. The molecule has 0 saturated carbocycles. The van der Waals surface area contributed by atoms with Gasteiger partial charge in [0.25, 0.3) is 11.6 Å². The predicted molar refractivity (Wildman–Crippen MR) is 101 cm³/mol. The van der Waals surface area contributed by atoms with E-state index in [1.165, 1.54) is 36.1 Å². The van der Waals surface area contributed by atoms with Gasteiger partial charge >= 0.3 is 0 Å². The van der Waals surface area contributed by atoms with Gasteiger partial charge in [-0.1, -0.05) is 33.1 Å². The normalized spacial score (nSPS) is 18.1. The summed E-state index contributed by atoms with van der Waals surface area (Å²) in [5.74, 6) is -1.20. The lowest BCUT2D eigenvalue weighted by Gasteiger charge is -2.30. The number of non-ortho nitro benzene ring substituents is 1. The standard InChI is InChI=1S/C20H26N2O5/c1-4-6-7-14(5-2)12-21-18(17(13(3)23)19(24)20(21)25)15-8-10-16(11-9-15)22(26)27/h8-11,14,18,24H,4-7,12H2,1-3H3. The molecule has 2 atom stereocenters. The Balaban J connectivity index is 2.40. The summed E-state index contributed by atoms with van der Waals surface area (Å²) in [5.41, 5.74) is 0.564. The minimum absolute atomic E-state index is 0.0548. The minimum atomic E-state index is -0.716. The van der Waals surface area contributed by atoms with Gasteiger partial charge in [0.1, 0.15) is 0 Å². The van der Waals surface area contributed by atoms with Crippen molar-refractivity contribution in [3.05, 3.63) is 51.3 Å². The molecule has 0 saturated heterocycles. The van der Waals surface area contributed by atoms with Crippen LogP contribution in [0.2, 0.25) is 0 Å². The van der Waals surface area contributed by atoms with Gasteiger partial charge in [-0.15, -0.1) is 0 Å². The third kappa shape index (κ3) is 4.35. The molecule has 0 radical (unpaired) electrons. The van der Waals surface area contributed by atoms with Gasteiger partial charge in [0.2, 0.25) is 0 Å². The van der Waals surface area contributed by atoms with E-state index >= 15 is 0 Å². The Morgan fingerprint density at radius 2 is 1.93 bits per heavy atom. The fraction of sp³-hybridized carbons (Fsp3) is 0.500. The van der Waals surface area contributed by atoms with E-state index in [1.807, 2.05) is 0 Å². The van der Waals surface area contributed by atoms with Crippen molar-refractivity contribution in [1.29, 1.82) is 0 Å². The van der Waals surface area contributed by atoms with E-state index in [9.17, 15) is 24.8 Å². The maximum atomic E-state index is 12.7. The molecule has 1 aliphatic rings. The number of hydrogen-bond donors (Lipinski definition) is 1. The van der Waals surface area contributed by atoms with Crippen LogP contribution in [0.15, 0.2) is 35.6 Å². The summed E-state index contributed by atoms with van der Waals surface area (Å²) in [6, 6.07) is 5.06. The Kier molecular flexibility index (Phi) is 6.71. The molecule has 0 fully saturated rings. The van der Waals surface area contributed by atoms with Crippen LogP contribution in [-0.2, 0) is 9.59 Å². The molecule has 0 aliphatic carbocycles. The molecule has 146 valence electrons. The highest BCUT2D eigenvalue weighted by Gasteiger charge is 2.42. The number of carbonyl (C=O) groups is 2. The van der Waals surface area contributed by atoms with Crippen molar-refractivity contribution in [3.63, 3.8) is 0 Å². The van der Waals surface area contributed by atoms with Crippen LogP contribution in [0.3, 0.4) is 0 Å². The Bertz CT molecular complexity index is 754. The topological polar surface area (TPSA) is 101 Å². The van der Waals surface area contributed by atoms with Gasteiger partial charge in [0, 0.05) is 18.7 Å². The number of nitrogens with zero attached hydrogens (tertiary/aromatic N) is 2. The number of ketones is 1. The number of amides is 1. The fourth-order valence-electron chi connectivity index (χ4n) is 3.52. The van der Waals surface area contributed by atoms with Crippen molar-refractivity contribution >= 4 is 17.4 Å². The molecular weight excluding hydrogens is 348 g/mol. The first kappa shape index (κ1) is 20.6. The lowest BCUT2D eigenvalue weighted by molar-refractivity contribution is -0.384. The molecule has 2 unspecified atom stereocenters. The van der Waals surface area contributed by atoms with Gasteiger partial charge in [0.15, 0.2) is 11.5 Å². The summed E-state index contributed by atoms with van der Waals surface area (Å²) < 4.78 is 0. The molecule has 2 rings (SSSR count). The maximum Gasteiger partial charge on any atom is 0.290 e. The number of unbranched alkanes of at least 4 members (excludes halogenated alkanes) is 1. The summed E-state index contributed by atoms with van der Waals surface area (Å²) in [5, 5.41) is 21.2. The molecule has 0 aromatic heterocycles. The van der Waals surface area contributed by atoms with Crippen LogP contribution in [0.1, 0.15) is 58.1 Å². The smallest absolute Gasteiger partial charge is 0.290 e. The first-order valence-electron chi connectivity index (χ1n) is 9.31. The van der Waals surface area contributed by atoms with E-state index in [2.05, 4.69) is 13.8 Å². The number of carbonyl (C=O) groups excluding carboxylic acids is 2. The van der Waals surface area contributed by atoms with Crippen LogP contribution >= 0.6 is 0 Å². The first-order valence-corrected chi connectivity index (χ1v) is 9.31. The Morgan fingerprint density at radius 3 is 2.41 bits per heavy atom. The summed E-state index contributed by atoms with van der Waals surface area (Å²) in [4.78, 5) is 36.7. The molecule has 1 aliphatic heterocycles. The third-order valence-electron chi connectivity index (χ3n) is 5.10. The van der Waals surface area contributed by atoms with Gasteiger partial charge in [-0.05, 0) is 37.0 Å². The first-order chi connectivity index (χ1) is 12.8. The van der Waals surface area contributed by atoms with E-state index in [0.29, 0.717) is 12.1 Å². The second-order valence-corrected chi connectivity index (χ2v) is 6.94. The molecule has 1 aromatic carbocycles. The van der Waals surface area contributed by atoms with Crippen molar-refractivity contribution in [1.82, 2.24) is 4.90 Å².